The lowest BCUT2D eigenvalue weighted by molar-refractivity contribution is -0.117. The van der Waals surface area contributed by atoms with Crippen molar-refractivity contribution in [3.63, 3.8) is 0 Å². The topological polar surface area (TPSA) is 49.4 Å². The van der Waals surface area contributed by atoms with Crippen LogP contribution in [0.1, 0.15) is 16.8 Å². The number of carbonyl (C=O) groups is 2. The van der Waals surface area contributed by atoms with Gasteiger partial charge in [-0.3, -0.25) is 9.59 Å². The van der Waals surface area contributed by atoms with Crippen LogP contribution in [0.15, 0.2) is 42.5 Å². The molecule has 0 bridgehead atoms. The van der Waals surface area contributed by atoms with E-state index in [2.05, 4.69) is 5.32 Å². The van der Waals surface area contributed by atoms with Crippen LogP contribution >= 0.6 is 11.6 Å². The fraction of sp³-hybridized carbons (Fsp3) is 0.222. The summed E-state index contributed by atoms with van der Waals surface area (Å²) >= 11 is 5.84. The quantitative estimate of drug-likeness (QED) is 0.904. The molecule has 1 atom stereocenters. The summed E-state index contributed by atoms with van der Waals surface area (Å²) in [6.07, 6.45) is 0.253. The van der Waals surface area contributed by atoms with Crippen LogP contribution in [0.25, 0.3) is 0 Å². The summed E-state index contributed by atoms with van der Waals surface area (Å²) in [6, 6.07) is 10.1. The summed E-state index contributed by atoms with van der Waals surface area (Å²) in [7, 11) is 0. The first-order valence-corrected chi connectivity index (χ1v) is 8.11. The Morgan fingerprint density at radius 3 is 2.44 bits per heavy atom. The van der Waals surface area contributed by atoms with Gasteiger partial charge in [0.2, 0.25) is 5.91 Å². The lowest BCUT2D eigenvalue weighted by atomic mass is 10.1. The molecule has 25 heavy (non-hydrogen) atoms. The maximum absolute atomic E-state index is 13.6. The van der Waals surface area contributed by atoms with Gasteiger partial charge in [-0.1, -0.05) is 17.7 Å². The van der Waals surface area contributed by atoms with E-state index in [-0.39, 0.29) is 24.8 Å². The van der Waals surface area contributed by atoms with Crippen LogP contribution in [0.2, 0.25) is 5.02 Å². The molecule has 1 saturated heterocycles. The predicted octanol–water partition coefficient (Wildman–Crippen LogP) is 3.40. The summed E-state index contributed by atoms with van der Waals surface area (Å²) in [5, 5.41) is 3.08. The van der Waals surface area contributed by atoms with Gasteiger partial charge in [-0.25, -0.2) is 8.78 Å². The highest BCUT2D eigenvalue weighted by Gasteiger charge is 2.31. The van der Waals surface area contributed by atoms with Gasteiger partial charge < -0.3 is 10.2 Å². The van der Waals surface area contributed by atoms with E-state index in [0.29, 0.717) is 11.6 Å². The van der Waals surface area contributed by atoms with Crippen LogP contribution in [0.5, 0.6) is 0 Å². The second-order valence-electron chi connectivity index (χ2n) is 5.86. The van der Waals surface area contributed by atoms with E-state index in [1.807, 2.05) is 0 Å². The molecular weight excluding hydrogens is 350 g/mol. The van der Waals surface area contributed by atoms with Gasteiger partial charge in [0.1, 0.15) is 17.2 Å². The molecule has 130 valence electrons. The van der Waals surface area contributed by atoms with E-state index in [1.54, 1.807) is 29.2 Å². The van der Waals surface area contributed by atoms with Crippen LogP contribution in [-0.4, -0.2) is 24.9 Å². The Morgan fingerprint density at radius 1 is 1.16 bits per heavy atom. The van der Waals surface area contributed by atoms with Gasteiger partial charge in [0.25, 0.3) is 5.91 Å². The molecule has 1 heterocycles. The number of amides is 2. The molecule has 2 amide bonds. The zero-order valence-electron chi connectivity index (χ0n) is 13.1. The molecule has 1 unspecified atom stereocenters. The average Bonchev–Trinajstić information content (AvgIpc) is 2.94. The number of halogens is 3. The zero-order chi connectivity index (χ0) is 18.0. The third kappa shape index (κ3) is 3.79. The van der Waals surface area contributed by atoms with Gasteiger partial charge >= 0.3 is 0 Å². The summed E-state index contributed by atoms with van der Waals surface area (Å²) < 4.78 is 27.2. The molecule has 1 aliphatic heterocycles. The number of hydrogen-bond donors (Lipinski definition) is 1. The van der Waals surface area contributed by atoms with Crippen molar-refractivity contribution in [2.75, 3.05) is 18.0 Å². The van der Waals surface area contributed by atoms with Crippen LogP contribution in [0.4, 0.5) is 14.5 Å². The van der Waals surface area contributed by atoms with Crippen LogP contribution in [0.3, 0.4) is 0 Å². The van der Waals surface area contributed by atoms with Crippen LogP contribution in [0, 0.1) is 17.6 Å². The maximum Gasteiger partial charge on any atom is 0.257 e. The number of nitrogens with one attached hydrogen (secondary N) is 1. The third-order valence-electron chi connectivity index (χ3n) is 4.08. The van der Waals surface area contributed by atoms with Crippen molar-refractivity contribution in [2.24, 2.45) is 5.92 Å². The van der Waals surface area contributed by atoms with E-state index >= 15 is 0 Å². The van der Waals surface area contributed by atoms with Crippen molar-refractivity contribution >= 4 is 29.1 Å². The first-order valence-electron chi connectivity index (χ1n) is 7.74. The second kappa shape index (κ2) is 7.19. The number of benzene rings is 2. The molecule has 4 nitrogen and oxygen atoms in total. The number of hydrogen-bond acceptors (Lipinski definition) is 2. The molecule has 0 aliphatic carbocycles. The van der Waals surface area contributed by atoms with Crippen molar-refractivity contribution < 1.29 is 18.4 Å². The molecule has 0 spiro atoms. The second-order valence-corrected chi connectivity index (χ2v) is 6.29. The number of rotatable bonds is 4. The number of carbonyl (C=O) groups excluding carboxylic acids is 2. The lowest BCUT2D eigenvalue weighted by Crippen LogP contribution is -2.32. The van der Waals surface area contributed by atoms with Gasteiger partial charge in [0.15, 0.2) is 0 Å². The molecule has 1 fully saturated rings. The van der Waals surface area contributed by atoms with E-state index in [0.717, 1.165) is 17.8 Å². The van der Waals surface area contributed by atoms with Gasteiger partial charge in [-0.05, 0) is 36.4 Å². The molecule has 0 radical (unpaired) electrons. The van der Waals surface area contributed by atoms with Gasteiger partial charge in [-0.2, -0.15) is 0 Å². The molecular formula is C18H15ClF2N2O2. The van der Waals surface area contributed by atoms with E-state index in [9.17, 15) is 18.4 Å². The summed E-state index contributed by atoms with van der Waals surface area (Å²) in [6.45, 7) is 0.572. The van der Waals surface area contributed by atoms with Crippen molar-refractivity contribution in [1.29, 1.82) is 0 Å². The molecule has 3 rings (SSSR count). The Kier molecular flexibility index (Phi) is 4.99. The Balaban J connectivity index is 1.62. The third-order valence-corrected chi connectivity index (χ3v) is 4.34. The van der Waals surface area contributed by atoms with Crippen LogP contribution < -0.4 is 10.2 Å². The van der Waals surface area contributed by atoms with Crippen molar-refractivity contribution in [1.82, 2.24) is 5.32 Å². The summed E-state index contributed by atoms with van der Waals surface area (Å²) in [5.74, 6) is -2.86. The van der Waals surface area contributed by atoms with Crippen molar-refractivity contribution in [3.8, 4) is 0 Å². The standard InChI is InChI=1S/C18H15ClF2N2O2/c19-12-4-6-13(7-5-12)23-10-11(8-16(23)24)9-22-18(25)17-14(20)2-1-3-15(17)21/h1-7,11H,8-10H2,(H,22,25). The zero-order valence-corrected chi connectivity index (χ0v) is 13.9. The molecule has 1 N–H and O–H groups in total. The van der Waals surface area contributed by atoms with Crippen LogP contribution in [-0.2, 0) is 4.79 Å². The number of anilines is 1. The molecule has 0 aromatic heterocycles. The fourth-order valence-corrected chi connectivity index (χ4v) is 2.96. The van der Waals surface area contributed by atoms with E-state index in [1.165, 1.54) is 6.07 Å². The minimum Gasteiger partial charge on any atom is -0.351 e. The van der Waals surface area contributed by atoms with Crippen molar-refractivity contribution in [2.45, 2.75) is 6.42 Å². The van der Waals surface area contributed by atoms with Gasteiger partial charge in [0, 0.05) is 36.1 Å². The smallest absolute Gasteiger partial charge is 0.257 e. The average molecular weight is 365 g/mol. The lowest BCUT2D eigenvalue weighted by Gasteiger charge is -2.17. The Bertz CT molecular complexity index is 791. The van der Waals surface area contributed by atoms with E-state index in [4.69, 9.17) is 11.6 Å². The molecule has 7 heteroatoms. The number of nitrogens with zero attached hydrogens (tertiary/aromatic N) is 1. The molecule has 2 aromatic rings. The largest absolute Gasteiger partial charge is 0.351 e. The Hall–Kier alpha value is -2.47. The highest BCUT2D eigenvalue weighted by atomic mass is 35.5. The Labute approximate surface area is 148 Å². The first kappa shape index (κ1) is 17.4. The maximum atomic E-state index is 13.6. The van der Waals surface area contributed by atoms with Crippen molar-refractivity contribution in [3.05, 3.63) is 64.7 Å². The monoisotopic (exact) mass is 364 g/mol. The normalized spacial score (nSPS) is 17.0. The SMILES string of the molecule is O=C(NCC1CC(=O)N(c2ccc(Cl)cc2)C1)c1c(F)cccc1F. The molecule has 0 saturated carbocycles. The predicted molar refractivity (Wildman–Crippen MR) is 90.6 cm³/mol. The highest BCUT2D eigenvalue weighted by Crippen LogP contribution is 2.26. The Morgan fingerprint density at radius 2 is 1.80 bits per heavy atom. The fourth-order valence-electron chi connectivity index (χ4n) is 2.83. The molecule has 2 aromatic carbocycles. The first-order chi connectivity index (χ1) is 12.0. The molecule has 1 aliphatic rings. The minimum absolute atomic E-state index is 0.0707. The van der Waals surface area contributed by atoms with Gasteiger partial charge in [-0.15, -0.1) is 0 Å². The highest BCUT2D eigenvalue weighted by molar-refractivity contribution is 6.30. The van der Waals surface area contributed by atoms with E-state index < -0.39 is 23.1 Å². The summed E-state index contributed by atoms with van der Waals surface area (Å²) in [5.41, 5.74) is 0.116. The van der Waals surface area contributed by atoms with Gasteiger partial charge in [0.05, 0.1) is 0 Å². The summed E-state index contributed by atoms with van der Waals surface area (Å²) in [4.78, 5) is 25.8. The minimum atomic E-state index is -0.914.